The third-order valence-electron chi connectivity index (χ3n) is 19.8. The van der Waals surface area contributed by atoms with Gasteiger partial charge in [-0.3, -0.25) is 4.57 Å². The van der Waals surface area contributed by atoms with Crippen molar-refractivity contribution < 1.29 is 39.2 Å². The second-order valence-corrected chi connectivity index (χ2v) is 29.2. The zero-order valence-electron chi connectivity index (χ0n) is 56.0. The van der Waals surface area contributed by atoms with E-state index in [2.05, 4.69) is 301 Å². The zero-order chi connectivity index (χ0) is 65.8. The summed E-state index contributed by atoms with van der Waals surface area (Å²) < 4.78 is 26.7. The number of nitrogens with zero attached hydrogens (tertiary/aromatic N) is 4. The molecule has 0 spiro atoms. The van der Waals surface area contributed by atoms with Crippen LogP contribution in [0.5, 0.6) is 11.5 Å². The third-order valence-corrected chi connectivity index (χ3v) is 19.8. The Labute approximate surface area is 584 Å². The fraction of sp³-hybridized carbons (Fsp3) is 0.133. The van der Waals surface area contributed by atoms with E-state index in [4.69, 9.17) is 18.6 Å². The normalized spacial score (nSPS) is 12.5. The van der Waals surface area contributed by atoms with Gasteiger partial charge < -0.3 is 22.7 Å². The molecule has 0 atom stereocenters. The molecule has 0 N–H and O–H groups in total. The monoisotopic (exact) mass is 1450 g/mol. The van der Waals surface area contributed by atoms with Crippen LogP contribution >= 0.6 is 0 Å². The molecule has 478 valence electrons. The molecule has 0 unspecified atom stereocenters. The number of pyridine rings is 1. The minimum absolute atomic E-state index is 0. The molecule has 0 fully saturated rings. The van der Waals surface area contributed by atoms with Gasteiger partial charge in [0.1, 0.15) is 28.1 Å². The van der Waals surface area contributed by atoms with E-state index >= 15 is 0 Å². The Morgan fingerprint density at radius 2 is 0.929 bits per heavy atom. The first-order valence-electron chi connectivity index (χ1n) is 33.5. The van der Waals surface area contributed by atoms with Gasteiger partial charge in [0.15, 0.2) is 0 Å². The van der Waals surface area contributed by atoms with Gasteiger partial charge in [0.05, 0.1) is 16.7 Å². The molecule has 98 heavy (non-hydrogen) atoms. The number of hydrogen-bond acceptors (Lipinski definition) is 4. The molecule has 0 saturated heterocycles. The summed E-state index contributed by atoms with van der Waals surface area (Å²) in [4.78, 5) is 4.96. The van der Waals surface area contributed by atoms with Gasteiger partial charge in [-0.25, -0.2) is 4.98 Å². The van der Waals surface area contributed by atoms with Crippen molar-refractivity contribution in [1.29, 1.82) is 0 Å². The van der Waals surface area contributed by atoms with Crippen LogP contribution in [0.1, 0.15) is 79.0 Å². The molecule has 0 aliphatic carbocycles. The molecule has 7 nitrogen and oxygen atoms in total. The predicted octanol–water partition coefficient (Wildman–Crippen LogP) is 23.6. The van der Waals surface area contributed by atoms with Gasteiger partial charge in [0.2, 0.25) is 0 Å². The number of imidazole rings is 1. The first-order valence-corrected chi connectivity index (χ1v) is 33.5. The van der Waals surface area contributed by atoms with E-state index in [0.29, 0.717) is 11.5 Å². The molecule has 1 aliphatic heterocycles. The Bertz CT molecular complexity index is 6100. The van der Waals surface area contributed by atoms with E-state index in [9.17, 15) is 0 Å². The number of furan rings is 2. The predicted molar refractivity (Wildman–Crippen MR) is 397 cm³/mol. The van der Waals surface area contributed by atoms with Crippen molar-refractivity contribution in [2.75, 3.05) is 0 Å². The number of aromatic nitrogens is 4. The first-order chi connectivity index (χ1) is 46.9. The van der Waals surface area contributed by atoms with Crippen molar-refractivity contribution in [3.8, 4) is 95.5 Å². The van der Waals surface area contributed by atoms with Gasteiger partial charge in [-0.15, -0.1) is 29.7 Å². The quantitative estimate of drug-likeness (QED) is 0.118. The largest absolute Gasteiger partial charge is 0.510 e. The standard InChI is InChI=1S/C90H68N4O3.Pt/c1-88(2,3)59-40-41-91-85(50-59)94-78-29-15-12-24-69(78)70-37-35-64(52-79(70)94)95-63-21-18-20-62(51-63)92-53-93-86-65(56-34-39-84-76(46-56)72-26-14-17-31-82(72)97-84)27-19-28-73(86)74-44-54(57-42-60(89(4,5)6)49-61(43-57)90(7,8)9)32-36-68(74)66-22-10-11-23-67(66)77-47-58(48-80(92)87(77)93)55-33-38-83-75(45-55)71-25-13-16-30-81(71)96-83;/h10-50H,1-9H3;/q-2;. The topological polar surface area (TPSA) is 62.1 Å². The average Bonchev–Trinajstić information content (AvgIpc) is 1.56. The maximum atomic E-state index is 6.99. The van der Waals surface area contributed by atoms with Crippen molar-refractivity contribution in [2.45, 2.75) is 78.6 Å². The number of ether oxygens (including phenoxy) is 1. The van der Waals surface area contributed by atoms with Crippen LogP contribution in [0.4, 0.5) is 0 Å². The van der Waals surface area contributed by atoms with E-state index in [1.54, 1.807) is 0 Å². The maximum Gasteiger partial charge on any atom is 0.268 e. The summed E-state index contributed by atoms with van der Waals surface area (Å²) in [7, 11) is 0. The Morgan fingerprint density at radius 1 is 0.378 bits per heavy atom. The van der Waals surface area contributed by atoms with Crippen LogP contribution in [0, 0.1) is 18.5 Å². The summed E-state index contributed by atoms with van der Waals surface area (Å²) in [6, 6.07) is 95.3. The van der Waals surface area contributed by atoms with E-state index in [1.807, 2.05) is 42.6 Å². The Morgan fingerprint density at radius 3 is 1.64 bits per heavy atom. The van der Waals surface area contributed by atoms with E-state index in [0.717, 1.165) is 155 Å². The van der Waals surface area contributed by atoms with Crippen LogP contribution in [-0.2, 0) is 37.3 Å². The summed E-state index contributed by atoms with van der Waals surface area (Å²) in [5, 5.41) is 6.43. The van der Waals surface area contributed by atoms with Gasteiger partial charge >= 0.3 is 0 Å². The fourth-order valence-electron chi connectivity index (χ4n) is 14.7. The summed E-state index contributed by atoms with van der Waals surface area (Å²) in [5.74, 6) is 1.91. The number of hydrogen-bond donors (Lipinski definition) is 0. The molecule has 17 aromatic rings. The average molecular weight is 1450 g/mol. The molecule has 0 radical (unpaired) electrons. The summed E-state index contributed by atoms with van der Waals surface area (Å²) in [6.45, 7) is 20.6. The molecule has 5 aromatic heterocycles. The number of rotatable bonds is 7. The Kier molecular flexibility index (Phi) is 14.0. The van der Waals surface area contributed by atoms with Crippen molar-refractivity contribution in [3.05, 3.63) is 284 Å². The number of fused-ring (bicyclic) bond motifs is 16. The van der Waals surface area contributed by atoms with Crippen LogP contribution in [0.25, 0.3) is 161 Å². The third kappa shape index (κ3) is 10.0. The van der Waals surface area contributed by atoms with Crippen molar-refractivity contribution >= 4 is 76.7 Å². The maximum absolute atomic E-state index is 6.99. The summed E-state index contributed by atoms with van der Waals surface area (Å²) >= 11 is 0. The second kappa shape index (κ2) is 22.6. The zero-order valence-corrected chi connectivity index (χ0v) is 58.3. The fourth-order valence-corrected chi connectivity index (χ4v) is 14.7. The van der Waals surface area contributed by atoms with E-state index in [1.165, 1.54) is 22.3 Å². The smallest absolute Gasteiger partial charge is 0.268 e. The van der Waals surface area contributed by atoms with Gasteiger partial charge in [-0.1, -0.05) is 213 Å². The minimum atomic E-state index is -0.0805. The van der Waals surface area contributed by atoms with Crippen LogP contribution in [0.3, 0.4) is 0 Å². The molecule has 12 aromatic carbocycles. The Balaban J connectivity index is 0.00000722. The van der Waals surface area contributed by atoms with Crippen LogP contribution < -0.4 is 9.30 Å². The number of para-hydroxylation sites is 4. The van der Waals surface area contributed by atoms with Crippen molar-refractivity contribution in [3.63, 3.8) is 0 Å². The van der Waals surface area contributed by atoms with Crippen LogP contribution in [-0.4, -0.2) is 14.1 Å². The van der Waals surface area contributed by atoms with Crippen molar-refractivity contribution in [1.82, 2.24) is 14.1 Å². The molecule has 0 bridgehead atoms. The minimum Gasteiger partial charge on any atom is -0.510 e. The second-order valence-electron chi connectivity index (χ2n) is 29.2. The molecule has 0 saturated carbocycles. The van der Waals surface area contributed by atoms with Crippen LogP contribution in [0.15, 0.2) is 258 Å². The SMILES string of the molecule is CC(C)(C)c1cc(-c2ccc3c(c2)-c2cccc(-c4ccc5oc6ccccc6c5c4)c2-[n+]2[c-]n(-c4[c-]c(Oc5[c-]c6c(cc5)c5ccccc5n6-c5cc(C(C)(C)C)ccn5)ccc4)c4cc(-c5ccc6oc7ccccc7c6c5)cc(c42)-c2ccccc2-3)cc(C(C)(C)C)c1.[Pt]. The van der Waals surface area contributed by atoms with Gasteiger partial charge in [-0.2, -0.15) is 18.2 Å². The first kappa shape index (κ1) is 60.8. The molecule has 8 heteroatoms. The van der Waals surface area contributed by atoms with Gasteiger partial charge in [0, 0.05) is 65.8 Å². The molecule has 0 amide bonds. The summed E-state index contributed by atoms with van der Waals surface area (Å²) in [6.07, 6.45) is 6.03. The van der Waals surface area contributed by atoms with Crippen molar-refractivity contribution in [2.24, 2.45) is 0 Å². The number of benzene rings is 12. The molecular weight excluding hydrogens is 1380 g/mol. The molecular formula is C90H68N4O3Pt-2. The van der Waals surface area contributed by atoms with Gasteiger partial charge in [-0.05, 0) is 178 Å². The Hall–Kier alpha value is -10.9. The molecule has 18 rings (SSSR count). The summed E-state index contributed by atoms with van der Waals surface area (Å²) in [5.41, 5.74) is 25.6. The van der Waals surface area contributed by atoms with E-state index < -0.39 is 0 Å². The van der Waals surface area contributed by atoms with Gasteiger partial charge in [0.25, 0.3) is 6.33 Å². The molecule has 1 aliphatic rings. The molecule has 6 heterocycles. The van der Waals surface area contributed by atoms with E-state index in [-0.39, 0.29) is 37.3 Å². The van der Waals surface area contributed by atoms with Crippen LogP contribution in [0.2, 0.25) is 0 Å².